The fraction of sp³-hybridized carbons (Fsp3) is 0.333. The molecule has 136 valence electrons. The van der Waals surface area contributed by atoms with E-state index in [1.807, 2.05) is 19.1 Å². The van der Waals surface area contributed by atoms with Crippen molar-refractivity contribution in [2.45, 2.75) is 32.1 Å². The molecule has 0 N–H and O–H groups in total. The summed E-state index contributed by atoms with van der Waals surface area (Å²) in [6.45, 7) is 1.96. The number of ether oxygens (including phenoxy) is 1. The third-order valence-corrected chi connectivity index (χ3v) is 3.64. The maximum atomic E-state index is 12.8. The molecule has 0 aromatic heterocycles. The van der Waals surface area contributed by atoms with E-state index in [0.29, 0.717) is 5.75 Å². The Morgan fingerprint density at radius 2 is 1.28 bits per heavy atom. The molecule has 0 saturated carbocycles. The van der Waals surface area contributed by atoms with Crippen molar-refractivity contribution in [2.75, 3.05) is 6.61 Å². The van der Waals surface area contributed by atoms with Crippen LogP contribution in [0, 0.1) is 0 Å². The van der Waals surface area contributed by atoms with Crippen molar-refractivity contribution < 1.29 is 31.1 Å². The fourth-order valence-corrected chi connectivity index (χ4v) is 2.27. The minimum atomic E-state index is -4.84. The normalized spacial score (nSPS) is 12.3. The van der Waals surface area contributed by atoms with E-state index in [0.717, 1.165) is 24.1 Å². The second kappa shape index (κ2) is 7.37. The van der Waals surface area contributed by atoms with Gasteiger partial charge in [-0.1, -0.05) is 19.1 Å². The summed E-state index contributed by atoms with van der Waals surface area (Å²) in [5, 5.41) is 0. The zero-order valence-corrected chi connectivity index (χ0v) is 13.3. The first-order valence-corrected chi connectivity index (χ1v) is 7.59. The number of hydrogen-bond donors (Lipinski definition) is 0. The van der Waals surface area contributed by atoms with Crippen LogP contribution in [0.3, 0.4) is 0 Å². The average Bonchev–Trinajstić information content (AvgIpc) is 2.53. The molecule has 2 aromatic rings. The number of hydrogen-bond acceptors (Lipinski definition) is 1. The minimum absolute atomic E-state index is 0.0237. The monoisotopic (exact) mass is 362 g/mol. The quantitative estimate of drug-likeness (QED) is 0.601. The molecule has 0 bridgehead atoms. The van der Waals surface area contributed by atoms with Crippen LogP contribution in [-0.2, 0) is 25.2 Å². The van der Waals surface area contributed by atoms with Crippen molar-refractivity contribution >= 4 is 0 Å². The molecule has 0 saturated heterocycles. The fourth-order valence-electron chi connectivity index (χ4n) is 2.27. The topological polar surface area (TPSA) is 9.23 Å². The number of benzene rings is 2. The number of rotatable bonds is 5. The summed E-state index contributed by atoms with van der Waals surface area (Å²) in [6.07, 6.45) is -8.90. The van der Waals surface area contributed by atoms with Gasteiger partial charge in [-0.25, -0.2) is 0 Å². The van der Waals surface area contributed by atoms with E-state index in [4.69, 9.17) is 4.74 Å². The number of aryl methyl sites for hydroxylation is 1. The molecule has 0 unspecified atom stereocenters. The van der Waals surface area contributed by atoms with E-state index < -0.39 is 23.5 Å². The first kappa shape index (κ1) is 19.1. The van der Waals surface area contributed by atoms with Crippen molar-refractivity contribution in [3.8, 4) is 5.75 Å². The van der Waals surface area contributed by atoms with E-state index >= 15 is 0 Å². The van der Waals surface area contributed by atoms with Crippen LogP contribution in [0.4, 0.5) is 26.3 Å². The summed E-state index contributed by atoms with van der Waals surface area (Å²) in [5.41, 5.74) is -1.61. The first-order valence-electron chi connectivity index (χ1n) is 7.59. The molecule has 2 rings (SSSR count). The van der Waals surface area contributed by atoms with Crippen molar-refractivity contribution in [3.63, 3.8) is 0 Å². The Hall–Kier alpha value is -2.18. The highest BCUT2D eigenvalue weighted by Crippen LogP contribution is 2.36. The molecule has 0 spiro atoms. The van der Waals surface area contributed by atoms with E-state index in [1.165, 1.54) is 0 Å². The van der Waals surface area contributed by atoms with Gasteiger partial charge in [0.05, 0.1) is 17.7 Å². The van der Waals surface area contributed by atoms with Gasteiger partial charge >= 0.3 is 12.4 Å². The van der Waals surface area contributed by atoms with Crippen LogP contribution in [0.2, 0.25) is 0 Å². The SMILES string of the molecule is CCc1ccc(OCCc2cc(C(F)(F)F)cc(C(F)(F)F)c2)cc1. The predicted molar refractivity (Wildman–Crippen MR) is 81.5 cm³/mol. The summed E-state index contributed by atoms with van der Waals surface area (Å²) in [6, 6.07) is 8.69. The molecular formula is C18H16F6O. The van der Waals surface area contributed by atoms with Crippen LogP contribution in [0.15, 0.2) is 42.5 Å². The van der Waals surface area contributed by atoms with Crippen molar-refractivity contribution in [1.29, 1.82) is 0 Å². The first-order chi connectivity index (χ1) is 11.6. The lowest BCUT2D eigenvalue weighted by Crippen LogP contribution is -2.12. The lowest BCUT2D eigenvalue weighted by atomic mass is 10.0. The Bertz CT molecular complexity index is 669. The predicted octanol–water partition coefficient (Wildman–Crippen LogP) is 5.91. The van der Waals surface area contributed by atoms with Gasteiger partial charge in [0.2, 0.25) is 0 Å². The molecule has 0 aliphatic heterocycles. The number of alkyl halides is 6. The summed E-state index contributed by atoms with van der Waals surface area (Å²) < 4.78 is 82.2. The van der Waals surface area contributed by atoms with Gasteiger partial charge in [0.1, 0.15) is 5.75 Å². The Kier molecular flexibility index (Phi) is 5.65. The van der Waals surface area contributed by atoms with Crippen molar-refractivity contribution in [2.24, 2.45) is 0 Å². The maximum Gasteiger partial charge on any atom is 0.416 e. The van der Waals surface area contributed by atoms with Crippen LogP contribution in [0.5, 0.6) is 5.75 Å². The summed E-state index contributed by atoms with van der Waals surface area (Å²) in [7, 11) is 0. The van der Waals surface area contributed by atoms with Gasteiger partial charge < -0.3 is 4.74 Å². The van der Waals surface area contributed by atoms with Crippen LogP contribution >= 0.6 is 0 Å². The molecule has 0 heterocycles. The molecule has 0 aliphatic carbocycles. The molecule has 0 radical (unpaired) electrons. The average molecular weight is 362 g/mol. The van der Waals surface area contributed by atoms with Gasteiger partial charge in [-0.3, -0.25) is 0 Å². The maximum absolute atomic E-state index is 12.8. The van der Waals surface area contributed by atoms with E-state index in [2.05, 4.69) is 0 Å². The highest BCUT2D eigenvalue weighted by molar-refractivity contribution is 5.34. The van der Waals surface area contributed by atoms with Crippen molar-refractivity contribution in [3.05, 3.63) is 64.7 Å². The number of halogens is 6. The second-order valence-corrected chi connectivity index (χ2v) is 5.51. The molecule has 1 nitrogen and oxygen atoms in total. The Morgan fingerprint density at radius 3 is 1.72 bits per heavy atom. The Morgan fingerprint density at radius 1 is 0.760 bits per heavy atom. The lowest BCUT2D eigenvalue weighted by Gasteiger charge is -2.14. The van der Waals surface area contributed by atoms with Gasteiger partial charge in [0.25, 0.3) is 0 Å². The highest BCUT2D eigenvalue weighted by Gasteiger charge is 2.36. The summed E-state index contributed by atoms with van der Waals surface area (Å²) >= 11 is 0. The molecule has 2 aromatic carbocycles. The van der Waals surface area contributed by atoms with Crippen molar-refractivity contribution in [1.82, 2.24) is 0 Å². The second-order valence-electron chi connectivity index (χ2n) is 5.51. The zero-order valence-electron chi connectivity index (χ0n) is 13.3. The minimum Gasteiger partial charge on any atom is -0.493 e. The van der Waals surface area contributed by atoms with E-state index in [9.17, 15) is 26.3 Å². The van der Waals surface area contributed by atoms with Gasteiger partial charge in [-0.05, 0) is 47.9 Å². The molecular weight excluding hydrogens is 346 g/mol. The molecule has 7 heteroatoms. The third kappa shape index (κ3) is 5.41. The Labute approximate surface area is 141 Å². The molecule has 0 amide bonds. The van der Waals surface area contributed by atoms with Crippen LogP contribution < -0.4 is 4.74 Å². The third-order valence-electron chi connectivity index (χ3n) is 3.64. The molecule has 0 aliphatic rings. The zero-order chi connectivity index (χ0) is 18.7. The molecule has 0 fully saturated rings. The van der Waals surface area contributed by atoms with Crippen LogP contribution in [0.25, 0.3) is 0 Å². The van der Waals surface area contributed by atoms with Crippen LogP contribution in [0.1, 0.15) is 29.2 Å². The lowest BCUT2D eigenvalue weighted by molar-refractivity contribution is -0.143. The van der Waals surface area contributed by atoms with Gasteiger partial charge in [0, 0.05) is 6.42 Å². The summed E-state index contributed by atoms with van der Waals surface area (Å²) in [4.78, 5) is 0. The molecule has 0 atom stereocenters. The summed E-state index contributed by atoms with van der Waals surface area (Å²) in [5.74, 6) is 0.514. The standard InChI is InChI=1S/C18H16F6O/c1-2-12-3-5-16(6-4-12)25-8-7-13-9-14(17(19,20)21)11-15(10-13)18(22,23)24/h3-6,9-11H,2,7-8H2,1H3. The van der Waals surface area contributed by atoms with Gasteiger partial charge in [-0.2, -0.15) is 26.3 Å². The smallest absolute Gasteiger partial charge is 0.416 e. The Balaban J connectivity index is 2.12. The van der Waals surface area contributed by atoms with E-state index in [-0.39, 0.29) is 24.7 Å². The van der Waals surface area contributed by atoms with Gasteiger partial charge in [0.15, 0.2) is 0 Å². The van der Waals surface area contributed by atoms with E-state index in [1.54, 1.807) is 12.1 Å². The van der Waals surface area contributed by atoms with Crippen LogP contribution in [-0.4, -0.2) is 6.61 Å². The largest absolute Gasteiger partial charge is 0.493 e. The van der Waals surface area contributed by atoms with Gasteiger partial charge in [-0.15, -0.1) is 0 Å². The molecule has 25 heavy (non-hydrogen) atoms. The highest BCUT2D eigenvalue weighted by atomic mass is 19.4.